The molecule has 0 bridgehead atoms. The van der Waals surface area contributed by atoms with E-state index in [2.05, 4.69) is 58.6 Å². The summed E-state index contributed by atoms with van der Waals surface area (Å²) in [5, 5.41) is 21.7. The van der Waals surface area contributed by atoms with Crippen LogP contribution in [0.3, 0.4) is 0 Å². The first kappa shape index (κ1) is 19.9. The van der Waals surface area contributed by atoms with Crippen molar-refractivity contribution in [3.8, 4) is 0 Å². The summed E-state index contributed by atoms with van der Waals surface area (Å²) in [6.45, 7) is 8.93. The van der Waals surface area contributed by atoms with Crippen molar-refractivity contribution in [3.05, 3.63) is 46.5 Å². The van der Waals surface area contributed by atoms with Crippen LogP contribution in [0.15, 0.2) is 30.9 Å². The number of aromatic nitrogens is 3. The van der Waals surface area contributed by atoms with Gasteiger partial charge in [0.2, 0.25) is 11.6 Å². The molecule has 28 heavy (non-hydrogen) atoms. The van der Waals surface area contributed by atoms with Crippen LogP contribution in [0.1, 0.15) is 46.1 Å². The molecule has 0 unspecified atom stereocenters. The molecule has 9 nitrogen and oxygen atoms in total. The van der Waals surface area contributed by atoms with Gasteiger partial charge in [-0.3, -0.25) is 15.1 Å². The van der Waals surface area contributed by atoms with E-state index in [0.29, 0.717) is 6.54 Å². The topological polar surface area (TPSA) is 118 Å². The molecular formula is C19H27N7O2. The molecular weight excluding hydrogens is 358 g/mol. The van der Waals surface area contributed by atoms with Crippen molar-refractivity contribution in [1.82, 2.24) is 20.3 Å². The van der Waals surface area contributed by atoms with Gasteiger partial charge < -0.3 is 16.0 Å². The van der Waals surface area contributed by atoms with Crippen molar-refractivity contribution in [2.75, 3.05) is 10.6 Å². The molecule has 0 saturated carbocycles. The molecule has 3 rings (SSSR count). The third-order valence-electron chi connectivity index (χ3n) is 4.72. The lowest BCUT2D eigenvalue weighted by Gasteiger charge is -2.46. The van der Waals surface area contributed by atoms with Gasteiger partial charge in [-0.15, -0.1) is 0 Å². The van der Waals surface area contributed by atoms with Crippen LogP contribution in [0.2, 0.25) is 0 Å². The van der Waals surface area contributed by atoms with Gasteiger partial charge in [0.25, 0.3) is 0 Å². The number of nitro groups is 1. The van der Waals surface area contributed by atoms with E-state index >= 15 is 0 Å². The van der Waals surface area contributed by atoms with E-state index in [4.69, 9.17) is 0 Å². The number of anilines is 2. The predicted molar refractivity (Wildman–Crippen MR) is 108 cm³/mol. The molecule has 2 aromatic heterocycles. The van der Waals surface area contributed by atoms with Gasteiger partial charge in [-0.05, 0) is 52.2 Å². The molecule has 9 heteroatoms. The number of rotatable bonds is 6. The number of hydrogen-bond acceptors (Lipinski definition) is 8. The summed E-state index contributed by atoms with van der Waals surface area (Å²) in [5.41, 5.74) is 0.609. The van der Waals surface area contributed by atoms with Crippen molar-refractivity contribution in [3.63, 3.8) is 0 Å². The minimum Gasteiger partial charge on any atom is -0.361 e. The summed E-state index contributed by atoms with van der Waals surface area (Å²) in [6, 6.07) is 3.77. The molecule has 3 heterocycles. The zero-order valence-corrected chi connectivity index (χ0v) is 16.7. The predicted octanol–water partition coefficient (Wildman–Crippen LogP) is 3.11. The Hall–Kier alpha value is -2.81. The van der Waals surface area contributed by atoms with E-state index in [1.54, 1.807) is 12.4 Å². The summed E-state index contributed by atoms with van der Waals surface area (Å²) in [5.74, 6) is 0.436. The van der Waals surface area contributed by atoms with Gasteiger partial charge in [-0.25, -0.2) is 9.97 Å². The van der Waals surface area contributed by atoms with Crippen molar-refractivity contribution in [2.24, 2.45) is 0 Å². The third-order valence-corrected chi connectivity index (χ3v) is 4.72. The highest BCUT2D eigenvalue weighted by Gasteiger charge is 2.38. The maximum atomic E-state index is 11.8. The Balaban J connectivity index is 1.82. The summed E-state index contributed by atoms with van der Waals surface area (Å²) in [4.78, 5) is 23.6. The fourth-order valence-electron chi connectivity index (χ4n) is 4.09. The van der Waals surface area contributed by atoms with Gasteiger partial charge >= 0.3 is 5.69 Å². The van der Waals surface area contributed by atoms with Gasteiger partial charge in [0.15, 0.2) is 0 Å². The maximum Gasteiger partial charge on any atom is 0.353 e. The fraction of sp³-hybridized carbons (Fsp3) is 0.526. The second-order valence-electron chi connectivity index (χ2n) is 8.53. The Morgan fingerprint density at radius 1 is 1.21 bits per heavy atom. The van der Waals surface area contributed by atoms with E-state index < -0.39 is 4.92 Å². The van der Waals surface area contributed by atoms with Gasteiger partial charge in [0.1, 0.15) is 6.33 Å². The van der Waals surface area contributed by atoms with Crippen LogP contribution >= 0.6 is 0 Å². The van der Waals surface area contributed by atoms with Gasteiger partial charge in [-0.1, -0.05) is 6.07 Å². The van der Waals surface area contributed by atoms with E-state index in [9.17, 15) is 10.1 Å². The van der Waals surface area contributed by atoms with Crippen LogP contribution in [-0.2, 0) is 6.54 Å². The largest absolute Gasteiger partial charge is 0.361 e. The summed E-state index contributed by atoms with van der Waals surface area (Å²) in [7, 11) is 0. The van der Waals surface area contributed by atoms with E-state index in [0.717, 1.165) is 18.4 Å². The standard InChI is InChI=1S/C19H27N7O2/c1-18(2)8-14(9-19(3,4)25-18)24-17-15(26(27)28)16(22-12-23-17)21-11-13-6-5-7-20-10-13/h5-7,10,12,14,25H,8-9,11H2,1-4H3,(H2,21,22,23,24). The normalized spacial score (nSPS) is 18.4. The van der Waals surface area contributed by atoms with Gasteiger partial charge in [0.05, 0.1) is 4.92 Å². The van der Waals surface area contributed by atoms with E-state index in [1.807, 2.05) is 12.1 Å². The highest BCUT2D eigenvalue weighted by atomic mass is 16.6. The molecule has 1 aliphatic rings. The first-order chi connectivity index (χ1) is 13.2. The van der Waals surface area contributed by atoms with Crippen molar-refractivity contribution < 1.29 is 4.92 Å². The van der Waals surface area contributed by atoms with Crippen LogP contribution in [0, 0.1) is 10.1 Å². The Morgan fingerprint density at radius 3 is 2.50 bits per heavy atom. The second kappa shape index (κ2) is 7.67. The Labute approximate surface area is 164 Å². The number of pyridine rings is 1. The molecule has 0 spiro atoms. The number of nitrogens with zero attached hydrogens (tertiary/aromatic N) is 4. The Kier molecular flexibility index (Phi) is 5.46. The van der Waals surface area contributed by atoms with Gasteiger partial charge in [-0.2, -0.15) is 0 Å². The highest BCUT2D eigenvalue weighted by molar-refractivity contribution is 5.69. The SMILES string of the molecule is CC1(C)CC(Nc2ncnc(NCc3cccnc3)c2[N+](=O)[O-])CC(C)(C)N1. The molecule has 150 valence electrons. The van der Waals surface area contributed by atoms with E-state index in [-0.39, 0.29) is 34.4 Å². The quantitative estimate of drug-likeness (QED) is 0.513. The average molecular weight is 385 g/mol. The van der Waals surface area contributed by atoms with Crippen LogP contribution < -0.4 is 16.0 Å². The zero-order chi connectivity index (χ0) is 20.4. The summed E-state index contributed by atoms with van der Waals surface area (Å²) in [6.07, 6.45) is 6.39. The number of piperidine rings is 1. The molecule has 1 fully saturated rings. The monoisotopic (exact) mass is 385 g/mol. The first-order valence-corrected chi connectivity index (χ1v) is 9.33. The average Bonchev–Trinajstić information content (AvgIpc) is 2.58. The first-order valence-electron chi connectivity index (χ1n) is 9.33. The molecule has 0 atom stereocenters. The molecule has 3 N–H and O–H groups in total. The molecule has 0 amide bonds. The van der Waals surface area contributed by atoms with Crippen LogP contribution in [-0.4, -0.2) is 37.0 Å². The lowest BCUT2D eigenvalue weighted by molar-refractivity contribution is -0.383. The molecule has 0 aromatic carbocycles. The van der Waals surface area contributed by atoms with Crippen molar-refractivity contribution in [2.45, 2.75) is 64.2 Å². The molecule has 1 aliphatic heterocycles. The highest BCUT2D eigenvalue weighted by Crippen LogP contribution is 2.34. The van der Waals surface area contributed by atoms with Crippen LogP contribution in [0.4, 0.5) is 17.3 Å². The third kappa shape index (κ3) is 4.92. The number of hydrogen-bond donors (Lipinski definition) is 3. The van der Waals surface area contributed by atoms with Gasteiger partial charge in [0, 0.05) is 36.1 Å². The van der Waals surface area contributed by atoms with Crippen molar-refractivity contribution >= 4 is 17.3 Å². The minimum absolute atomic E-state index is 0.0611. The molecule has 2 aromatic rings. The summed E-state index contributed by atoms with van der Waals surface area (Å²) >= 11 is 0. The lowest BCUT2D eigenvalue weighted by Crippen LogP contribution is -2.60. The summed E-state index contributed by atoms with van der Waals surface area (Å²) < 4.78 is 0. The smallest absolute Gasteiger partial charge is 0.353 e. The maximum absolute atomic E-state index is 11.8. The molecule has 0 radical (unpaired) electrons. The fourth-order valence-corrected chi connectivity index (χ4v) is 4.09. The molecule has 1 saturated heterocycles. The Morgan fingerprint density at radius 2 is 1.89 bits per heavy atom. The lowest BCUT2D eigenvalue weighted by atomic mass is 9.79. The number of nitrogens with one attached hydrogen (secondary N) is 3. The Bertz CT molecular complexity index is 823. The minimum atomic E-state index is -0.439. The van der Waals surface area contributed by atoms with E-state index in [1.165, 1.54) is 6.33 Å². The van der Waals surface area contributed by atoms with Crippen LogP contribution in [0.25, 0.3) is 0 Å². The second-order valence-corrected chi connectivity index (χ2v) is 8.53. The zero-order valence-electron chi connectivity index (χ0n) is 16.7. The van der Waals surface area contributed by atoms with Crippen molar-refractivity contribution in [1.29, 1.82) is 0 Å². The molecule has 0 aliphatic carbocycles. The van der Waals surface area contributed by atoms with Crippen LogP contribution in [0.5, 0.6) is 0 Å².